The Morgan fingerprint density at radius 2 is 2.15 bits per heavy atom. The maximum absolute atomic E-state index is 12.0. The van der Waals surface area contributed by atoms with Gasteiger partial charge in [0, 0.05) is 11.1 Å². The van der Waals surface area contributed by atoms with Gasteiger partial charge in [-0.2, -0.15) is 0 Å². The van der Waals surface area contributed by atoms with E-state index in [1.807, 2.05) is 0 Å². The highest BCUT2D eigenvalue weighted by atomic mass is 35.5. The smallest absolute Gasteiger partial charge is 0.258 e. The van der Waals surface area contributed by atoms with E-state index in [1.54, 1.807) is 18.2 Å². The lowest BCUT2D eigenvalue weighted by atomic mass is 10.0. The van der Waals surface area contributed by atoms with Crippen molar-refractivity contribution >= 4 is 22.5 Å². The Morgan fingerprint density at radius 1 is 1.40 bits per heavy atom. The minimum absolute atomic E-state index is 0.125. The summed E-state index contributed by atoms with van der Waals surface area (Å²) in [6.07, 6.45) is 1.12. The number of hydrogen-bond acceptors (Lipinski definition) is 3. The molecule has 0 aliphatic carbocycles. The van der Waals surface area contributed by atoms with Crippen LogP contribution >= 0.6 is 11.6 Å². The van der Waals surface area contributed by atoms with Crippen LogP contribution in [0.2, 0.25) is 5.02 Å². The number of halogens is 1. The van der Waals surface area contributed by atoms with Crippen molar-refractivity contribution in [1.82, 2.24) is 15.3 Å². The van der Waals surface area contributed by atoms with Crippen LogP contribution in [0.3, 0.4) is 0 Å². The highest BCUT2D eigenvalue weighted by Crippen LogP contribution is 2.14. The zero-order valence-corrected chi connectivity index (χ0v) is 12.8. The van der Waals surface area contributed by atoms with Crippen molar-refractivity contribution in [3.05, 3.63) is 39.4 Å². The molecule has 20 heavy (non-hydrogen) atoms. The summed E-state index contributed by atoms with van der Waals surface area (Å²) >= 11 is 5.94. The molecule has 1 heterocycles. The van der Waals surface area contributed by atoms with E-state index < -0.39 is 0 Å². The van der Waals surface area contributed by atoms with Crippen molar-refractivity contribution in [2.75, 3.05) is 0 Å². The molecular weight excluding hydrogens is 274 g/mol. The third-order valence-corrected chi connectivity index (χ3v) is 4.04. The summed E-state index contributed by atoms with van der Waals surface area (Å²) in [5, 5.41) is 4.54. The molecule has 0 fully saturated rings. The molecule has 1 aromatic heterocycles. The fraction of sp³-hybridized carbons (Fsp3) is 0.467. The van der Waals surface area contributed by atoms with Crippen molar-refractivity contribution in [3.8, 4) is 0 Å². The lowest BCUT2D eigenvalue weighted by Crippen LogP contribution is -2.32. The molecule has 108 valence electrons. The summed E-state index contributed by atoms with van der Waals surface area (Å²) in [7, 11) is 0. The van der Waals surface area contributed by atoms with Crippen LogP contribution in [0.15, 0.2) is 23.0 Å². The van der Waals surface area contributed by atoms with E-state index in [2.05, 4.69) is 36.1 Å². The third kappa shape index (κ3) is 3.38. The van der Waals surface area contributed by atoms with Crippen molar-refractivity contribution < 1.29 is 0 Å². The van der Waals surface area contributed by atoms with Crippen molar-refractivity contribution in [2.24, 2.45) is 5.92 Å². The number of H-pyrrole nitrogens is 1. The SMILES string of the molecule is CCC(C)C(C)NCc1nc2cc(Cl)ccc2c(=O)[nH]1. The molecule has 0 saturated carbocycles. The molecule has 2 rings (SSSR count). The second-order valence-corrected chi connectivity index (χ2v) is 5.67. The van der Waals surface area contributed by atoms with E-state index >= 15 is 0 Å². The topological polar surface area (TPSA) is 57.8 Å². The van der Waals surface area contributed by atoms with E-state index in [0.29, 0.717) is 40.3 Å². The molecule has 1 aromatic carbocycles. The molecule has 0 spiro atoms. The first-order chi connectivity index (χ1) is 9.51. The van der Waals surface area contributed by atoms with E-state index in [4.69, 9.17) is 11.6 Å². The molecule has 2 unspecified atom stereocenters. The summed E-state index contributed by atoms with van der Waals surface area (Å²) in [4.78, 5) is 19.2. The Hall–Kier alpha value is -1.39. The first kappa shape index (κ1) is 15.0. The fourth-order valence-electron chi connectivity index (χ4n) is 2.06. The molecule has 0 aliphatic heterocycles. The van der Waals surface area contributed by atoms with Gasteiger partial charge in [0.15, 0.2) is 0 Å². The molecule has 2 aromatic rings. The van der Waals surface area contributed by atoms with Gasteiger partial charge in [-0.05, 0) is 31.0 Å². The van der Waals surface area contributed by atoms with Gasteiger partial charge in [-0.3, -0.25) is 4.79 Å². The maximum Gasteiger partial charge on any atom is 0.258 e. The standard InChI is InChI=1S/C15H20ClN3O/c1-4-9(2)10(3)17-8-14-18-13-7-11(16)5-6-12(13)15(20)19-14/h5-7,9-10,17H,4,8H2,1-3H3,(H,18,19,20). The van der Waals surface area contributed by atoms with Gasteiger partial charge in [0.05, 0.1) is 17.4 Å². The molecule has 4 nitrogen and oxygen atoms in total. The number of hydrogen-bond donors (Lipinski definition) is 2. The molecule has 0 saturated heterocycles. The van der Waals surface area contributed by atoms with Gasteiger partial charge in [0.1, 0.15) is 5.82 Å². The van der Waals surface area contributed by atoms with Crippen LogP contribution in [0.1, 0.15) is 33.0 Å². The minimum atomic E-state index is -0.125. The highest BCUT2D eigenvalue weighted by molar-refractivity contribution is 6.31. The van der Waals surface area contributed by atoms with Gasteiger partial charge < -0.3 is 10.3 Å². The van der Waals surface area contributed by atoms with Gasteiger partial charge in [0.25, 0.3) is 5.56 Å². The van der Waals surface area contributed by atoms with Gasteiger partial charge in [-0.15, -0.1) is 0 Å². The Bertz CT molecular complexity index is 653. The third-order valence-electron chi connectivity index (χ3n) is 3.81. The predicted octanol–water partition coefficient (Wildman–Crippen LogP) is 3.10. The molecule has 0 aliphatic rings. The van der Waals surface area contributed by atoms with Crippen LogP contribution in [-0.2, 0) is 6.54 Å². The summed E-state index contributed by atoms with van der Waals surface area (Å²) in [6.45, 7) is 7.06. The summed E-state index contributed by atoms with van der Waals surface area (Å²) in [6, 6.07) is 5.49. The minimum Gasteiger partial charge on any atom is -0.309 e. The van der Waals surface area contributed by atoms with Crippen molar-refractivity contribution in [2.45, 2.75) is 39.8 Å². The molecule has 0 radical (unpaired) electrons. The average Bonchev–Trinajstić information content (AvgIpc) is 2.43. The van der Waals surface area contributed by atoms with Crippen LogP contribution in [0.4, 0.5) is 0 Å². The number of aromatic amines is 1. The predicted molar refractivity (Wildman–Crippen MR) is 83.1 cm³/mol. The largest absolute Gasteiger partial charge is 0.309 e. The van der Waals surface area contributed by atoms with E-state index in [1.165, 1.54) is 0 Å². The Morgan fingerprint density at radius 3 is 2.85 bits per heavy atom. The highest BCUT2D eigenvalue weighted by Gasteiger charge is 2.10. The lowest BCUT2D eigenvalue weighted by Gasteiger charge is -2.19. The van der Waals surface area contributed by atoms with E-state index in [0.717, 1.165) is 6.42 Å². The van der Waals surface area contributed by atoms with Crippen molar-refractivity contribution in [3.63, 3.8) is 0 Å². The molecular formula is C15H20ClN3O. The van der Waals surface area contributed by atoms with Gasteiger partial charge in [-0.25, -0.2) is 4.98 Å². The second kappa shape index (κ2) is 6.37. The van der Waals surface area contributed by atoms with Gasteiger partial charge in [0.2, 0.25) is 0 Å². The number of fused-ring (bicyclic) bond motifs is 1. The number of nitrogens with one attached hydrogen (secondary N) is 2. The maximum atomic E-state index is 12.0. The Kier molecular flexibility index (Phi) is 4.78. The fourth-order valence-corrected chi connectivity index (χ4v) is 2.22. The Labute approximate surface area is 123 Å². The number of rotatable bonds is 5. The number of aromatic nitrogens is 2. The van der Waals surface area contributed by atoms with Crippen LogP contribution in [0, 0.1) is 5.92 Å². The van der Waals surface area contributed by atoms with E-state index in [9.17, 15) is 4.79 Å². The van der Waals surface area contributed by atoms with Gasteiger partial charge >= 0.3 is 0 Å². The summed E-state index contributed by atoms with van der Waals surface area (Å²) < 4.78 is 0. The number of nitrogens with zero attached hydrogens (tertiary/aromatic N) is 1. The lowest BCUT2D eigenvalue weighted by molar-refractivity contribution is 0.386. The number of benzene rings is 1. The second-order valence-electron chi connectivity index (χ2n) is 5.23. The van der Waals surface area contributed by atoms with Crippen LogP contribution < -0.4 is 10.9 Å². The zero-order chi connectivity index (χ0) is 14.7. The molecule has 0 bridgehead atoms. The quantitative estimate of drug-likeness (QED) is 0.890. The van der Waals surface area contributed by atoms with E-state index in [-0.39, 0.29) is 5.56 Å². The first-order valence-electron chi connectivity index (χ1n) is 6.93. The molecule has 5 heteroatoms. The normalized spacial score (nSPS) is 14.4. The average molecular weight is 294 g/mol. The van der Waals surface area contributed by atoms with Crippen LogP contribution in [-0.4, -0.2) is 16.0 Å². The van der Waals surface area contributed by atoms with Crippen LogP contribution in [0.5, 0.6) is 0 Å². The monoisotopic (exact) mass is 293 g/mol. The molecule has 0 amide bonds. The molecule has 2 N–H and O–H groups in total. The van der Waals surface area contributed by atoms with Crippen molar-refractivity contribution in [1.29, 1.82) is 0 Å². The summed E-state index contributed by atoms with van der Waals surface area (Å²) in [5.41, 5.74) is 0.508. The molecule has 2 atom stereocenters. The zero-order valence-electron chi connectivity index (χ0n) is 12.0. The van der Waals surface area contributed by atoms with Crippen LogP contribution in [0.25, 0.3) is 10.9 Å². The first-order valence-corrected chi connectivity index (χ1v) is 7.31. The summed E-state index contributed by atoms with van der Waals surface area (Å²) in [5.74, 6) is 1.22. The Balaban J connectivity index is 2.21. The van der Waals surface area contributed by atoms with Gasteiger partial charge in [-0.1, -0.05) is 31.9 Å².